The summed E-state index contributed by atoms with van der Waals surface area (Å²) in [5.41, 5.74) is 6.66. The van der Waals surface area contributed by atoms with Gasteiger partial charge in [0.05, 0.1) is 18.8 Å². The molecule has 1 N–H and O–H groups in total. The number of nitrogens with zero attached hydrogens (tertiary/aromatic N) is 2. The first-order valence-electron chi connectivity index (χ1n) is 7.31. The van der Waals surface area contributed by atoms with Gasteiger partial charge < -0.3 is 5.32 Å². The highest BCUT2D eigenvalue weighted by Crippen LogP contribution is 2.25. The molecule has 0 bridgehead atoms. The van der Waals surface area contributed by atoms with Crippen molar-refractivity contribution in [1.82, 2.24) is 15.1 Å². The molecule has 108 valence electrons. The fourth-order valence-electron chi connectivity index (χ4n) is 3.00. The van der Waals surface area contributed by atoms with Crippen LogP contribution in [-0.2, 0) is 6.54 Å². The molecule has 0 radical (unpaired) electrons. The van der Waals surface area contributed by atoms with Crippen molar-refractivity contribution in [2.45, 2.75) is 47.2 Å². The van der Waals surface area contributed by atoms with Gasteiger partial charge in [0.2, 0.25) is 0 Å². The summed E-state index contributed by atoms with van der Waals surface area (Å²) >= 11 is 0. The topological polar surface area (TPSA) is 29.9 Å². The summed E-state index contributed by atoms with van der Waals surface area (Å²) in [7, 11) is 0. The Morgan fingerprint density at radius 2 is 1.75 bits per heavy atom. The van der Waals surface area contributed by atoms with Crippen LogP contribution in [0.15, 0.2) is 24.5 Å². The number of aromatic nitrogens is 2. The van der Waals surface area contributed by atoms with Gasteiger partial charge in [0.15, 0.2) is 0 Å². The lowest BCUT2D eigenvalue weighted by Gasteiger charge is -2.23. The SMILES string of the molecule is CCNC(Cn1cc(C)cn1)c1c(C)cc(C)cc1C. The van der Waals surface area contributed by atoms with Gasteiger partial charge in [-0.1, -0.05) is 24.6 Å². The van der Waals surface area contributed by atoms with Gasteiger partial charge in [0, 0.05) is 6.20 Å². The first kappa shape index (κ1) is 14.8. The predicted molar refractivity (Wildman–Crippen MR) is 84.0 cm³/mol. The summed E-state index contributed by atoms with van der Waals surface area (Å²) in [6, 6.07) is 4.84. The summed E-state index contributed by atoms with van der Waals surface area (Å²) in [5, 5.41) is 8.01. The van der Waals surface area contributed by atoms with E-state index < -0.39 is 0 Å². The lowest BCUT2D eigenvalue weighted by molar-refractivity contribution is 0.445. The average molecular weight is 271 g/mol. The quantitative estimate of drug-likeness (QED) is 0.902. The van der Waals surface area contributed by atoms with Gasteiger partial charge in [0.25, 0.3) is 0 Å². The van der Waals surface area contributed by atoms with Crippen LogP contribution in [0.1, 0.15) is 40.8 Å². The van der Waals surface area contributed by atoms with Crippen LogP contribution in [0, 0.1) is 27.7 Å². The minimum atomic E-state index is 0.305. The number of benzene rings is 1. The van der Waals surface area contributed by atoms with Gasteiger partial charge in [-0.05, 0) is 56.5 Å². The highest BCUT2D eigenvalue weighted by atomic mass is 15.3. The highest BCUT2D eigenvalue weighted by molar-refractivity contribution is 5.39. The van der Waals surface area contributed by atoms with E-state index in [-0.39, 0.29) is 0 Å². The molecule has 0 aliphatic rings. The van der Waals surface area contributed by atoms with Crippen molar-refractivity contribution in [3.8, 4) is 0 Å². The third-order valence-electron chi connectivity index (χ3n) is 3.67. The van der Waals surface area contributed by atoms with E-state index in [1.165, 1.54) is 27.8 Å². The van der Waals surface area contributed by atoms with Crippen LogP contribution in [0.25, 0.3) is 0 Å². The fraction of sp³-hybridized carbons (Fsp3) is 0.471. The minimum Gasteiger partial charge on any atom is -0.309 e. The van der Waals surface area contributed by atoms with Crippen molar-refractivity contribution >= 4 is 0 Å². The van der Waals surface area contributed by atoms with Gasteiger partial charge >= 0.3 is 0 Å². The third-order valence-corrected chi connectivity index (χ3v) is 3.67. The van der Waals surface area contributed by atoms with Crippen molar-refractivity contribution in [1.29, 1.82) is 0 Å². The maximum Gasteiger partial charge on any atom is 0.0604 e. The number of likely N-dealkylation sites (N-methyl/N-ethyl adjacent to an activating group) is 1. The number of aryl methyl sites for hydroxylation is 4. The Kier molecular flexibility index (Phi) is 4.61. The summed E-state index contributed by atoms with van der Waals surface area (Å²) in [6.07, 6.45) is 4.01. The molecule has 1 atom stereocenters. The molecule has 0 saturated carbocycles. The maximum absolute atomic E-state index is 4.42. The normalized spacial score (nSPS) is 12.7. The number of hydrogen-bond donors (Lipinski definition) is 1. The Morgan fingerprint density at radius 1 is 1.10 bits per heavy atom. The average Bonchev–Trinajstić information content (AvgIpc) is 2.73. The molecular formula is C17H25N3. The Hall–Kier alpha value is -1.61. The van der Waals surface area contributed by atoms with Crippen LogP contribution < -0.4 is 5.32 Å². The zero-order valence-corrected chi connectivity index (χ0v) is 13.2. The maximum atomic E-state index is 4.42. The molecule has 0 spiro atoms. The van der Waals surface area contributed by atoms with E-state index >= 15 is 0 Å². The summed E-state index contributed by atoms with van der Waals surface area (Å²) in [6.45, 7) is 12.6. The molecule has 2 rings (SSSR count). The molecule has 1 aromatic carbocycles. The second kappa shape index (κ2) is 6.23. The van der Waals surface area contributed by atoms with Crippen molar-refractivity contribution in [3.05, 3.63) is 52.3 Å². The van der Waals surface area contributed by atoms with Crippen LogP contribution in [-0.4, -0.2) is 16.3 Å². The number of rotatable bonds is 5. The van der Waals surface area contributed by atoms with Gasteiger partial charge in [-0.2, -0.15) is 5.10 Å². The van der Waals surface area contributed by atoms with Crippen LogP contribution in [0.2, 0.25) is 0 Å². The van der Waals surface area contributed by atoms with Crippen LogP contribution in [0.3, 0.4) is 0 Å². The first-order chi connectivity index (χ1) is 9.51. The zero-order chi connectivity index (χ0) is 14.7. The molecule has 0 aliphatic carbocycles. The Balaban J connectivity index is 2.33. The molecule has 0 aliphatic heterocycles. The largest absolute Gasteiger partial charge is 0.309 e. The van der Waals surface area contributed by atoms with E-state index in [4.69, 9.17) is 0 Å². The van der Waals surface area contributed by atoms with Gasteiger partial charge in [-0.25, -0.2) is 0 Å². The van der Waals surface area contributed by atoms with Crippen molar-refractivity contribution in [2.75, 3.05) is 6.54 Å². The Labute approximate surface area is 122 Å². The monoisotopic (exact) mass is 271 g/mol. The number of hydrogen-bond acceptors (Lipinski definition) is 2. The van der Waals surface area contributed by atoms with Gasteiger partial charge in [0.1, 0.15) is 0 Å². The van der Waals surface area contributed by atoms with Gasteiger partial charge in [-0.3, -0.25) is 4.68 Å². The molecule has 0 saturated heterocycles. The minimum absolute atomic E-state index is 0.305. The van der Waals surface area contributed by atoms with Crippen molar-refractivity contribution in [2.24, 2.45) is 0 Å². The second-order valence-corrected chi connectivity index (χ2v) is 5.66. The standard InChI is InChI=1S/C17H25N3/c1-6-18-16(11-20-10-13(3)9-19-20)17-14(4)7-12(2)8-15(17)5/h7-10,16,18H,6,11H2,1-5H3. The molecule has 2 aromatic rings. The molecule has 1 heterocycles. The number of nitrogens with one attached hydrogen (secondary N) is 1. The van der Waals surface area contributed by atoms with E-state index in [1.807, 2.05) is 10.9 Å². The molecule has 3 nitrogen and oxygen atoms in total. The second-order valence-electron chi connectivity index (χ2n) is 5.66. The van der Waals surface area contributed by atoms with Crippen LogP contribution in [0.4, 0.5) is 0 Å². The summed E-state index contributed by atoms with van der Waals surface area (Å²) < 4.78 is 2.03. The lowest BCUT2D eigenvalue weighted by Crippen LogP contribution is -2.27. The van der Waals surface area contributed by atoms with Crippen LogP contribution in [0.5, 0.6) is 0 Å². The Morgan fingerprint density at radius 3 is 2.25 bits per heavy atom. The Bertz CT molecular complexity index is 561. The summed E-state index contributed by atoms with van der Waals surface area (Å²) in [5.74, 6) is 0. The van der Waals surface area contributed by atoms with E-state index in [1.54, 1.807) is 0 Å². The highest BCUT2D eigenvalue weighted by Gasteiger charge is 2.16. The van der Waals surface area contributed by atoms with E-state index in [2.05, 4.69) is 63.4 Å². The first-order valence-corrected chi connectivity index (χ1v) is 7.31. The molecule has 1 unspecified atom stereocenters. The smallest absolute Gasteiger partial charge is 0.0604 e. The van der Waals surface area contributed by atoms with E-state index in [0.717, 1.165) is 13.1 Å². The summed E-state index contributed by atoms with van der Waals surface area (Å²) in [4.78, 5) is 0. The predicted octanol–water partition coefficient (Wildman–Crippen LogP) is 3.47. The van der Waals surface area contributed by atoms with E-state index in [0.29, 0.717) is 6.04 Å². The van der Waals surface area contributed by atoms with Gasteiger partial charge in [-0.15, -0.1) is 0 Å². The molecule has 0 fully saturated rings. The molecule has 0 amide bonds. The molecule has 3 heteroatoms. The third kappa shape index (κ3) is 3.28. The zero-order valence-electron chi connectivity index (χ0n) is 13.2. The van der Waals surface area contributed by atoms with Crippen LogP contribution >= 0.6 is 0 Å². The van der Waals surface area contributed by atoms with Crippen molar-refractivity contribution < 1.29 is 0 Å². The van der Waals surface area contributed by atoms with Crippen molar-refractivity contribution in [3.63, 3.8) is 0 Å². The molecule has 1 aromatic heterocycles. The van der Waals surface area contributed by atoms with E-state index in [9.17, 15) is 0 Å². The fourth-order valence-corrected chi connectivity index (χ4v) is 3.00. The molecular weight excluding hydrogens is 246 g/mol. The lowest BCUT2D eigenvalue weighted by atomic mass is 9.94. The molecule has 20 heavy (non-hydrogen) atoms.